The SMILES string of the molecule is CC(C)C=C(C#N)C(=O)N1CCCC(n2c(NC(=O)c3ccc(Cl)cc3)nc3cc(C(Cc4ccccc4)N(C(=O)O)[C@@H](C)C(C)(C)C)ccc32)C1. The number of benzene rings is 3. The number of likely N-dealkylation sites (tertiary alicyclic amines) is 1. The lowest BCUT2D eigenvalue weighted by molar-refractivity contribution is -0.128. The number of hydrogen-bond acceptors (Lipinski definition) is 5. The number of nitriles is 1. The molecule has 0 saturated carbocycles. The summed E-state index contributed by atoms with van der Waals surface area (Å²) in [5.41, 5.74) is 3.26. The third kappa shape index (κ3) is 8.65. The first-order valence-electron chi connectivity index (χ1n) is 17.7. The molecule has 4 aromatic rings. The molecule has 0 radical (unpaired) electrons. The van der Waals surface area contributed by atoms with E-state index in [1.165, 1.54) is 4.90 Å². The van der Waals surface area contributed by atoms with Gasteiger partial charge in [-0.25, -0.2) is 9.78 Å². The van der Waals surface area contributed by atoms with Crippen LogP contribution in [0.5, 0.6) is 0 Å². The molecule has 5 rings (SSSR count). The van der Waals surface area contributed by atoms with Gasteiger partial charge in [-0.05, 0) is 85.0 Å². The largest absolute Gasteiger partial charge is 0.465 e. The molecule has 2 N–H and O–H groups in total. The Kier molecular flexibility index (Phi) is 11.8. The Balaban J connectivity index is 1.62. The van der Waals surface area contributed by atoms with Crippen LogP contribution in [0.1, 0.15) is 88.0 Å². The number of nitrogens with zero attached hydrogens (tertiary/aromatic N) is 5. The Bertz CT molecular complexity index is 1990. The minimum atomic E-state index is -1.01. The Hall–Kier alpha value is -5.14. The maximum atomic E-state index is 13.6. The van der Waals surface area contributed by atoms with Gasteiger partial charge >= 0.3 is 6.09 Å². The summed E-state index contributed by atoms with van der Waals surface area (Å²) in [4.78, 5) is 48.3. The van der Waals surface area contributed by atoms with Gasteiger partial charge in [0.15, 0.2) is 0 Å². The molecule has 0 spiro atoms. The molecule has 3 amide bonds. The van der Waals surface area contributed by atoms with E-state index in [9.17, 15) is 24.8 Å². The average Bonchev–Trinajstić information content (AvgIpc) is 3.47. The molecule has 10 nitrogen and oxygen atoms in total. The van der Waals surface area contributed by atoms with E-state index in [1.807, 2.05) is 94.6 Å². The van der Waals surface area contributed by atoms with Crippen LogP contribution in [0.25, 0.3) is 11.0 Å². The predicted octanol–water partition coefficient (Wildman–Crippen LogP) is 8.91. The zero-order valence-electron chi connectivity index (χ0n) is 30.6. The Morgan fingerprint density at radius 2 is 1.77 bits per heavy atom. The number of allylic oxidation sites excluding steroid dienone is 1. The van der Waals surface area contributed by atoms with E-state index >= 15 is 0 Å². The predicted molar refractivity (Wildman–Crippen MR) is 204 cm³/mol. The van der Waals surface area contributed by atoms with E-state index < -0.39 is 12.1 Å². The zero-order valence-corrected chi connectivity index (χ0v) is 31.4. The van der Waals surface area contributed by atoms with Crippen molar-refractivity contribution in [2.75, 3.05) is 18.4 Å². The lowest BCUT2D eigenvalue weighted by Gasteiger charge is -2.41. The van der Waals surface area contributed by atoms with Crippen LogP contribution in [0.2, 0.25) is 5.02 Å². The fraction of sp³-hybridized carbons (Fsp3) is 0.390. The van der Waals surface area contributed by atoms with Gasteiger partial charge in [0.2, 0.25) is 5.95 Å². The number of nitrogens with one attached hydrogen (secondary N) is 1. The minimum Gasteiger partial charge on any atom is -0.465 e. The zero-order chi connectivity index (χ0) is 37.7. The third-order valence-corrected chi connectivity index (χ3v) is 10.1. The van der Waals surface area contributed by atoms with Gasteiger partial charge in [-0.2, -0.15) is 5.26 Å². The van der Waals surface area contributed by atoms with Gasteiger partial charge in [0.05, 0.1) is 23.1 Å². The van der Waals surface area contributed by atoms with Crippen molar-refractivity contribution < 1.29 is 19.5 Å². The molecule has 52 heavy (non-hydrogen) atoms. The second-order valence-electron chi connectivity index (χ2n) is 14.9. The van der Waals surface area contributed by atoms with E-state index in [1.54, 1.807) is 35.2 Å². The highest BCUT2D eigenvalue weighted by Gasteiger charge is 2.36. The number of amides is 3. The Morgan fingerprint density at radius 1 is 1.08 bits per heavy atom. The number of fused-ring (bicyclic) bond motifs is 1. The molecule has 0 bridgehead atoms. The van der Waals surface area contributed by atoms with E-state index in [-0.39, 0.29) is 40.8 Å². The van der Waals surface area contributed by atoms with Crippen molar-refractivity contribution in [3.05, 3.63) is 106 Å². The van der Waals surface area contributed by atoms with Gasteiger partial charge in [0, 0.05) is 29.7 Å². The van der Waals surface area contributed by atoms with Crippen LogP contribution in [0.3, 0.4) is 0 Å². The van der Waals surface area contributed by atoms with Crippen molar-refractivity contribution in [3.8, 4) is 6.07 Å². The van der Waals surface area contributed by atoms with Crippen LogP contribution < -0.4 is 5.32 Å². The van der Waals surface area contributed by atoms with Gasteiger partial charge in [0.1, 0.15) is 11.6 Å². The molecule has 1 saturated heterocycles. The molecule has 272 valence electrons. The van der Waals surface area contributed by atoms with Crippen LogP contribution in [-0.4, -0.2) is 61.5 Å². The van der Waals surface area contributed by atoms with Crippen LogP contribution in [0.15, 0.2) is 84.4 Å². The molecule has 3 atom stereocenters. The fourth-order valence-corrected chi connectivity index (χ4v) is 6.89. The van der Waals surface area contributed by atoms with E-state index in [0.29, 0.717) is 54.4 Å². The van der Waals surface area contributed by atoms with Gasteiger partial charge < -0.3 is 14.6 Å². The summed E-state index contributed by atoms with van der Waals surface area (Å²) in [5.74, 6) is -0.344. The molecule has 2 heterocycles. The summed E-state index contributed by atoms with van der Waals surface area (Å²) in [6.07, 6.45) is 2.52. The molecular formula is C41H47ClN6O4. The van der Waals surface area contributed by atoms with Crippen LogP contribution in [-0.2, 0) is 11.2 Å². The number of piperidine rings is 1. The third-order valence-electron chi connectivity index (χ3n) is 9.83. The number of carbonyl (C=O) groups excluding carboxylic acids is 2. The van der Waals surface area contributed by atoms with E-state index in [2.05, 4.69) is 11.4 Å². The Labute approximate surface area is 310 Å². The summed E-state index contributed by atoms with van der Waals surface area (Å²) in [5, 5.41) is 23.9. The van der Waals surface area contributed by atoms with Gasteiger partial charge in [0.25, 0.3) is 11.8 Å². The first-order chi connectivity index (χ1) is 24.7. The highest BCUT2D eigenvalue weighted by Crippen LogP contribution is 2.37. The van der Waals surface area contributed by atoms with Gasteiger partial charge in [-0.15, -0.1) is 0 Å². The number of rotatable bonds is 10. The molecule has 3 aromatic carbocycles. The van der Waals surface area contributed by atoms with Crippen molar-refractivity contribution in [1.29, 1.82) is 5.26 Å². The Morgan fingerprint density at radius 3 is 2.38 bits per heavy atom. The number of carboxylic acid groups (broad SMARTS) is 1. The first kappa shape index (κ1) is 38.1. The number of hydrogen-bond donors (Lipinski definition) is 2. The standard InChI is InChI=1S/C41H47ClN6O4/c1-26(2)21-31(24-43)38(50)46-20-10-13-33(25-46)48-35-19-16-30(23-34(35)44-39(48)45-37(49)29-14-17-32(42)18-15-29)36(22-28-11-8-7-9-12-28)47(40(51)52)27(3)41(4,5)6/h7-9,11-12,14-19,21,23,26-27,33,36H,10,13,20,22,25H2,1-6H3,(H,51,52)(H,44,45,49)/t27-,33?,36?/m0/s1. The van der Waals surface area contributed by atoms with Gasteiger partial charge in [-0.3, -0.25) is 19.8 Å². The monoisotopic (exact) mass is 722 g/mol. The number of aromatic nitrogens is 2. The van der Waals surface area contributed by atoms with Gasteiger partial charge in [-0.1, -0.05) is 88.7 Å². The second kappa shape index (κ2) is 16.0. The molecular weight excluding hydrogens is 676 g/mol. The summed E-state index contributed by atoms with van der Waals surface area (Å²) >= 11 is 6.09. The lowest BCUT2D eigenvalue weighted by Crippen LogP contribution is -2.47. The maximum Gasteiger partial charge on any atom is 0.408 e. The topological polar surface area (TPSA) is 132 Å². The summed E-state index contributed by atoms with van der Waals surface area (Å²) in [6, 6.07) is 23.1. The first-order valence-corrected chi connectivity index (χ1v) is 18.1. The van der Waals surface area contributed by atoms with Crippen LogP contribution in [0, 0.1) is 22.7 Å². The normalized spacial score (nSPS) is 16.3. The number of carbonyl (C=O) groups is 3. The summed E-state index contributed by atoms with van der Waals surface area (Å²) in [7, 11) is 0. The van der Waals surface area contributed by atoms with Crippen molar-refractivity contribution in [3.63, 3.8) is 0 Å². The van der Waals surface area contributed by atoms with Crippen LogP contribution in [0.4, 0.5) is 10.7 Å². The van der Waals surface area contributed by atoms with Crippen molar-refractivity contribution in [2.24, 2.45) is 11.3 Å². The lowest BCUT2D eigenvalue weighted by atomic mass is 9.84. The molecule has 11 heteroatoms. The quantitative estimate of drug-likeness (QED) is 0.124. The molecule has 1 fully saturated rings. The molecule has 2 unspecified atom stereocenters. The molecule has 1 aromatic heterocycles. The number of anilines is 1. The van der Waals surface area contributed by atoms with Crippen LogP contribution >= 0.6 is 11.6 Å². The number of halogens is 1. The smallest absolute Gasteiger partial charge is 0.408 e. The van der Waals surface area contributed by atoms with Crippen molar-refractivity contribution >= 4 is 46.5 Å². The van der Waals surface area contributed by atoms with E-state index in [4.69, 9.17) is 16.6 Å². The maximum absolute atomic E-state index is 13.6. The highest BCUT2D eigenvalue weighted by atomic mass is 35.5. The van der Waals surface area contributed by atoms with Crippen molar-refractivity contribution in [2.45, 2.75) is 78.9 Å². The molecule has 1 aliphatic rings. The molecule has 1 aliphatic heterocycles. The fourth-order valence-electron chi connectivity index (χ4n) is 6.77. The highest BCUT2D eigenvalue weighted by molar-refractivity contribution is 6.30. The second-order valence-corrected chi connectivity index (χ2v) is 15.4. The molecule has 0 aliphatic carbocycles. The van der Waals surface area contributed by atoms with Crippen molar-refractivity contribution in [1.82, 2.24) is 19.4 Å². The van der Waals surface area contributed by atoms with E-state index in [0.717, 1.165) is 16.6 Å². The average molecular weight is 723 g/mol. The summed E-state index contributed by atoms with van der Waals surface area (Å²) < 4.78 is 1.96. The number of imidazole rings is 1. The minimum absolute atomic E-state index is 0.0369. The summed E-state index contributed by atoms with van der Waals surface area (Å²) in [6.45, 7) is 12.7.